The Hall–Kier alpha value is -4.27. The minimum absolute atomic E-state index is 0.0980. The Morgan fingerprint density at radius 3 is 2.36 bits per heavy atom. The first-order valence-corrected chi connectivity index (χ1v) is 8.18. The topological polar surface area (TPSA) is 124 Å². The lowest BCUT2D eigenvalue weighted by atomic mass is 10.2. The summed E-state index contributed by atoms with van der Waals surface area (Å²) in [6, 6.07) is 17.7. The first kappa shape index (κ1) is 17.2. The lowest BCUT2D eigenvalue weighted by molar-refractivity contribution is -0.394. The van der Waals surface area contributed by atoms with E-state index >= 15 is 0 Å². The van der Waals surface area contributed by atoms with Crippen LogP contribution in [0.5, 0.6) is 11.5 Å². The van der Waals surface area contributed by atoms with Crippen molar-refractivity contribution in [1.82, 2.24) is 9.97 Å². The number of nitrogens with one attached hydrogen (secondary N) is 1. The third kappa shape index (κ3) is 3.12. The van der Waals surface area contributed by atoms with E-state index in [-0.39, 0.29) is 11.4 Å². The minimum atomic E-state index is -0.716. The number of nitro benzene ring substituents is 2. The molecule has 0 aliphatic heterocycles. The summed E-state index contributed by atoms with van der Waals surface area (Å²) in [6.45, 7) is 0. The van der Waals surface area contributed by atoms with Crippen molar-refractivity contribution < 1.29 is 14.6 Å². The van der Waals surface area contributed by atoms with Gasteiger partial charge in [0.1, 0.15) is 11.6 Å². The molecule has 0 aliphatic carbocycles. The molecule has 0 radical (unpaired) electrons. The molecule has 3 aromatic carbocycles. The van der Waals surface area contributed by atoms with Gasteiger partial charge in [-0.2, -0.15) is 0 Å². The average molecular weight is 376 g/mol. The highest BCUT2D eigenvalue weighted by atomic mass is 16.6. The second kappa shape index (κ2) is 6.80. The molecule has 1 aromatic heterocycles. The van der Waals surface area contributed by atoms with Crippen LogP contribution in [-0.4, -0.2) is 19.8 Å². The molecule has 4 aromatic rings. The van der Waals surface area contributed by atoms with Gasteiger partial charge in [-0.05, 0) is 30.3 Å². The Balaban J connectivity index is 1.78. The molecule has 0 saturated heterocycles. The highest BCUT2D eigenvalue weighted by molar-refractivity contribution is 5.80. The van der Waals surface area contributed by atoms with Crippen LogP contribution < -0.4 is 4.74 Å². The number of H-pyrrole nitrogens is 1. The number of aromatic nitrogens is 2. The van der Waals surface area contributed by atoms with E-state index < -0.39 is 15.5 Å². The van der Waals surface area contributed by atoms with Crippen molar-refractivity contribution in [3.05, 3.63) is 87.0 Å². The molecule has 0 unspecified atom stereocenters. The highest BCUT2D eigenvalue weighted by Crippen LogP contribution is 2.38. The number of imidazole rings is 1. The van der Waals surface area contributed by atoms with Crippen LogP contribution in [-0.2, 0) is 0 Å². The summed E-state index contributed by atoms with van der Waals surface area (Å²) < 4.78 is 5.76. The molecular formula is C19H12N4O5. The molecule has 28 heavy (non-hydrogen) atoms. The minimum Gasteiger partial charge on any atom is -0.449 e. The maximum atomic E-state index is 11.3. The number of rotatable bonds is 5. The van der Waals surface area contributed by atoms with Crippen molar-refractivity contribution in [2.24, 2.45) is 0 Å². The van der Waals surface area contributed by atoms with Crippen molar-refractivity contribution in [3.8, 4) is 22.9 Å². The molecular weight excluding hydrogens is 364 g/mol. The van der Waals surface area contributed by atoms with Crippen molar-refractivity contribution in [2.45, 2.75) is 0 Å². The van der Waals surface area contributed by atoms with Gasteiger partial charge in [0, 0.05) is 6.07 Å². The Morgan fingerprint density at radius 2 is 1.61 bits per heavy atom. The third-order valence-corrected chi connectivity index (χ3v) is 4.10. The van der Waals surface area contributed by atoms with Crippen LogP contribution in [0, 0.1) is 20.2 Å². The number of nitro groups is 2. The molecule has 1 N–H and O–H groups in total. The summed E-state index contributed by atoms with van der Waals surface area (Å²) in [5.74, 6) is 0.777. The van der Waals surface area contributed by atoms with E-state index in [9.17, 15) is 20.2 Å². The second-order valence-corrected chi connectivity index (χ2v) is 5.87. The number of fused-ring (bicyclic) bond motifs is 1. The molecule has 0 amide bonds. The molecule has 1 heterocycles. The van der Waals surface area contributed by atoms with Crippen LogP contribution in [0.1, 0.15) is 0 Å². The van der Waals surface area contributed by atoms with Crippen LogP contribution in [0.2, 0.25) is 0 Å². The largest absolute Gasteiger partial charge is 0.449 e. The number of aromatic amines is 1. The summed E-state index contributed by atoms with van der Waals surface area (Å²) in [7, 11) is 0. The number of hydrogen-bond donors (Lipinski definition) is 1. The Morgan fingerprint density at radius 1 is 0.857 bits per heavy atom. The van der Waals surface area contributed by atoms with E-state index in [1.165, 1.54) is 6.07 Å². The van der Waals surface area contributed by atoms with Crippen molar-refractivity contribution in [2.75, 3.05) is 0 Å². The number of nitrogens with zero attached hydrogens (tertiary/aromatic N) is 3. The van der Waals surface area contributed by atoms with Gasteiger partial charge in [-0.25, -0.2) is 4.98 Å². The van der Waals surface area contributed by atoms with Crippen LogP contribution in [0.25, 0.3) is 22.4 Å². The van der Waals surface area contributed by atoms with Crippen LogP contribution >= 0.6 is 0 Å². The first-order valence-electron chi connectivity index (χ1n) is 8.18. The van der Waals surface area contributed by atoms with Gasteiger partial charge in [0.25, 0.3) is 5.69 Å². The Labute approximate surface area is 157 Å². The molecule has 0 fully saturated rings. The van der Waals surface area contributed by atoms with Gasteiger partial charge in [-0.3, -0.25) is 20.2 Å². The zero-order valence-corrected chi connectivity index (χ0v) is 14.2. The van der Waals surface area contributed by atoms with Gasteiger partial charge in [0.05, 0.1) is 32.5 Å². The van der Waals surface area contributed by atoms with Crippen molar-refractivity contribution in [1.29, 1.82) is 0 Å². The molecule has 4 rings (SSSR count). The fourth-order valence-corrected chi connectivity index (χ4v) is 2.80. The Kier molecular flexibility index (Phi) is 4.17. The summed E-state index contributed by atoms with van der Waals surface area (Å²) in [4.78, 5) is 28.5. The van der Waals surface area contributed by atoms with E-state index in [1.54, 1.807) is 24.3 Å². The predicted molar refractivity (Wildman–Crippen MR) is 101 cm³/mol. The zero-order chi connectivity index (χ0) is 19.7. The van der Waals surface area contributed by atoms with E-state index in [1.807, 2.05) is 24.3 Å². The van der Waals surface area contributed by atoms with E-state index in [0.29, 0.717) is 17.1 Å². The van der Waals surface area contributed by atoms with Gasteiger partial charge in [-0.15, -0.1) is 0 Å². The van der Waals surface area contributed by atoms with E-state index in [0.717, 1.165) is 23.2 Å². The van der Waals surface area contributed by atoms with Gasteiger partial charge >= 0.3 is 5.69 Å². The monoisotopic (exact) mass is 376 g/mol. The second-order valence-electron chi connectivity index (χ2n) is 5.87. The molecule has 0 bridgehead atoms. The van der Waals surface area contributed by atoms with E-state index in [2.05, 4.69) is 9.97 Å². The molecule has 0 saturated carbocycles. The number of non-ortho nitro benzene ring substituents is 1. The highest BCUT2D eigenvalue weighted by Gasteiger charge is 2.22. The molecule has 0 atom stereocenters. The third-order valence-electron chi connectivity index (χ3n) is 4.10. The van der Waals surface area contributed by atoms with Gasteiger partial charge in [0.15, 0.2) is 0 Å². The number of para-hydroxylation sites is 3. The maximum Gasteiger partial charge on any atom is 0.318 e. The number of benzene rings is 3. The first-order chi connectivity index (χ1) is 13.5. The van der Waals surface area contributed by atoms with Crippen LogP contribution in [0.3, 0.4) is 0 Å². The average Bonchev–Trinajstić information content (AvgIpc) is 3.12. The van der Waals surface area contributed by atoms with Gasteiger partial charge in [0.2, 0.25) is 5.75 Å². The normalized spacial score (nSPS) is 10.7. The predicted octanol–water partition coefficient (Wildman–Crippen LogP) is 4.84. The molecule has 9 nitrogen and oxygen atoms in total. The number of ether oxygens (including phenoxy) is 1. The molecule has 0 spiro atoms. The molecule has 9 heteroatoms. The lowest BCUT2D eigenvalue weighted by Gasteiger charge is -2.09. The maximum absolute atomic E-state index is 11.3. The van der Waals surface area contributed by atoms with Gasteiger partial charge < -0.3 is 9.72 Å². The quantitative estimate of drug-likeness (QED) is 0.392. The zero-order valence-electron chi connectivity index (χ0n) is 14.2. The van der Waals surface area contributed by atoms with Crippen molar-refractivity contribution >= 4 is 22.4 Å². The van der Waals surface area contributed by atoms with E-state index in [4.69, 9.17) is 4.74 Å². The fraction of sp³-hybridized carbons (Fsp3) is 0. The summed E-state index contributed by atoms with van der Waals surface area (Å²) in [5.41, 5.74) is 1.34. The lowest BCUT2D eigenvalue weighted by Crippen LogP contribution is -1.97. The standard InChI is InChI=1S/C19H12N4O5/c24-22(25)12-9-10-18(16(11-12)23(26)27)28-17-8-4-1-5-13(17)19-20-14-6-2-3-7-15(14)21-19/h1-11H,(H,20,21). The van der Waals surface area contributed by atoms with Crippen LogP contribution in [0.4, 0.5) is 11.4 Å². The summed E-state index contributed by atoms with van der Waals surface area (Å²) >= 11 is 0. The van der Waals surface area contributed by atoms with Crippen LogP contribution in [0.15, 0.2) is 66.7 Å². The summed E-state index contributed by atoms with van der Waals surface area (Å²) in [6.07, 6.45) is 0. The SMILES string of the molecule is O=[N+]([O-])c1ccc(Oc2ccccc2-c2nc3ccccc3[nH]2)c([N+](=O)[O-])c1. The number of hydrogen-bond acceptors (Lipinski definition) is 6. The Bertz CT molecular complexity index is 1180. The summed E-state index contributed by atoms with van der Waals surface area (Å²) in [5, 5.41) is 22.2. The molecule has 138 valence electrons. The smallest absolute Gasteiger partial charge is 0.318 e. The van der Waals surface area contributed by atoms with Gasteiger partial charge in [-0.1, -0.05) is 24.3 Å². The molecule has 0 aliphatic rings. The van der Waals surface area contributed by atoms with Crippen molar-refractivity contribution in [3.63, 3.8) is 0 Å². The fourth-order valence-electron chi connectivity index (χ4n) is 2.80.